The number of nitrogens with zero attached hydrogens (tertiary/aromatic N) is 5. The second-order valence-electron chi connectivity index (χ2n) is 11.8. The van der Waals surface area contributed by atoms with Gasteiger partial charge in [0.15, 0.2) is 0 Å². The molecule has 1 atom stereocenters. The normalized spacial score (nSPS) is 14.7. The minimum atomic E-state index is -0.679. The van der Waals surface area contributed by atoms with Crippen LogP contribution in [0.15, 0.2) is 72.9 Å². The second-order valence-corrected chi connectivity index (χ2v) is 11.8. The van der Waals surface area contributed by atoms with Crippen LogP contribution in [0.3, 0.4) is 0 Å². The molecular formula is C35H40N6O4. The zero-order chi connectivity index (χ0) is 31.5. The standard InChI is InChI=1S/C35H40N6O4/c1-23(2)33-24(3)41(30-13-12-26(35(36)43)20-32(30)45-19-16-39-14-17-44-18-15-39)38-34(33)27-10-7-11-29-28(27)21-40(37-29)22-31(42)25-8-5-4-6-9-25/h4-13,20-21,23,31,42H,14-19,22H2,1-3H3,(H2,36,43). The van der Waals surface area contributed by atoms with Crippen molar-refractivity contribution in [3.63, 3.8) is 0 Å². The van der Waals surface area contributed by atoms with Gasteiger partial charge in [-0.05, 0) is 42.7 Å². The number of fused-ring (bicyclic) bond motifs is 1. The molecule has 10 heteroatoms. The Bertz CT molecular complexity index is 1790. The molecule has 1 amide bonds. The van der Waals surface area contributed by atoms with E-state index in [1.54, 1.807) is 16.8 Å². The maximum atomic E-state index is 12.1. The minimum absolute atomic E-state index is 0.175. The van der Waals surface area contributed by atoms with Crippen molar-refractivity contribution in [2.75, 3.05) is 39.5 Å². The topological polar surface area (TPSA) is 121 Å². The molecule has 1 unspecified atom stereocenters. The highest BCUT2D eigenvalue weighted by Gasteiger charge is 2.24. The molecule has 0 bridgehead atoms. The fourth-order valence-corrected chi connectivity index (χ4v) is 6.06. The molecule has 3 heterocycles. The van der Waals surface area contributed by atoms with Crippen LogP contribution in [0.5, 0.6) is 5.75 Å². The number of amides is 1. The molecular weight excluding hydrogens is 568 g/mol. The van der Waals surface area contributed by atoms with Crippen molar-refractivity contribution in [3.05, 3.63) is 95.3 Å². The van der Waals surface area contributed by atoms with Gasteiger partial charge in [0, 0.05) is 53.6 Å². The van der Waals surface area contributed by atoms with Crippen molar-refractivity contribution < 1.29 is 19.4 Å². The number of morpholine rings is 1. The van der Waals surface area contributed by atoms with Crippen LogP contribution < -0.4 is 10.5 Å². The first-order valence-corrected chi connectivity index (χ1v) is 15.5. The van der Waals surface area contributed by atoms with Crippen molar-refractivity contribution in [3.8, 4) is 22.7 Å². The number of primary amides is 1. The molecule has 1 aliphatic heterocycles. The number of aromatic nitrogens is 4. The van der Waals surface area contributed by atoms with E-state index in [4.69, 9.17) is 25.4 Å². The first-order chi connectivity index (χ1) is 21.8. The van der Waals surface area contributed by atoms with E-state index in [9.17, 15) is 9.90 Å². The summed E-state index contributed by atoms with van der Waals surface area (Å²) in [5.74, 6) is 0.212. The van der Waals surface area contributed by atoms with Crippen molar-refractivity contribution in [2.24, 2.45) is 5.73 Å². The van der Waals surface area contributed by atoms with Crippen LogP contribution in [0.4, 0.5) is 0 Å². The minimum Gasteiger partial charge on any atom is -0.490 e. The number of aliphatic hydroxyl groups excluding tert-OH is 1. The number of ether oxygens (including phenoxy) is 2. The van der Waals surface area contributed by atoms with E-state index in [2.05, 4.69) is 31.7 Å². The molecule has 10 nitrogen and oxygen atoms in total. The van der Waals surface area contributed by atoms with Gasteiger partial charge in [-0.25, -0.2) is 4.68 Å². The number of rotatable bonds is 11. The van der Waals surface area contributed by atoms with Gasteiger partial charge in [-0.2, -0.15) is 10.2 Å². The third-order valence-corrected chi connectivity index (χ3v) is 8.38. The van der Waals surface area contributed by atoms with Crippen LogP contribution in [0.1, 0.15) is 53.0 Å². The fourth-order valence-electron chi connectivity index (χ4n) is 6.06. The largest absolute Gasteiger partial charge is 0.490 e. The molecule has 1 saturated heterocycles. The Morgan fingerprint density at radius 2 is 1.82 bits per heavy atom. The zero-order valence-electron chi connectivity index (χ0n) is 26.0. The van der Waals surface area contributed by atoms with Crippen LogP contribution in [0, 0.1) is 6.92 Å². The average Bonchev–Trinajstić information content (AvgIpc) is 3.62. The Balaban J connectivity index is 1.37. The van der Waals surface area contributed by atoms with Gasteiger partial charge >= 0.3 is 0 Å². The third kappa shape index (κ3) is 6.49. The molecule has 5 aromatic rings. The predicted molar refractivity (Wildman–Crippen MR) is 174 cm³/mol. The summed E-state index contributed by atoms with van der Waals surface area (Å²) < 4.78 is 15.5. The van der Waals surface area contributed by atoms with Gasteiger partial charge in [0.25, 0.3) is 0 Å². The fraction of sp³-hybridized carbons (Fsp3) is 0.343. The van der Waals surface area contributed by atoms with Gasteiger partial charge in [0.2, 0.25) is 5.91 Å². The van der Waals surface area contributed by atoms with E-state index in [0.29, 0.717) is 24.5 Å². The Kier molecular flexibility index (Phi) is 8.97. The van der Waals surface area contributed by atoms with E-state index in [1.165, 1.54) is 0 Å². The molecule has 0 spiro atoms. The summed E-state index contributed by atoms with van der Waals surface area (Å²) >= 11 is 0. The Morgan fingerprint density at radius 1 is 1.04 bits per heavy atom. The van der Waals surface area contributed by atoms with Gasteiger partial charge in [-0.15, -0.1) is 0 Å². The summed E-state index contributed by atoms with van der Waals surface area (Å²) in [7, 11) is 0. The Labute approximate surface area is 263 Å². The quantitative estimate of drug-likeness (QED) is 0.220. The van der Waals surface area contributed by atoms with E-state index < -0.39 is 12.0 Å². The van der Waals surface area contributed by atoms with Crippen LogP contribution in [0.25, 0.3) is 27.8 Å². The van der Waals surface area contributed by atoms with Gasteiger partial charge in [-0.1, -0.05) is 56.3 Å². The molecule has 0 saturated carbocycles. The summed E-state index contributed by atoms with van der Waals surface area (Å²) in [6, 6.07) is 20.9. The highest BCUT2D eigenvalue weighted by atomic mass is 16.5. The zero-order valence-corrected chi connectivity index (χ0v) is 26.0. The summed E-state index contributed by atoms with van der Waals surface area (Å²) in [5.41, 5.74) is 12.3. The number of nitrogens with two attached hydrogens (primary N) is 1. The highest BCUT2D eigenvalue weighted by molar-refractivity contribution is 5.95. The van der Waals surface area contributed by atoms with Crippen LogP contribution in [-0.4, -0.2) is 74.9 Å². The number of aliphatic hydroxyl groups is 1. The number of carbonyl (C=O) groups excluding carboxylic acids is 1. The Hall–Kier alpha value is -4.51. The van der Waals surface area contributed by atoms with Crippen LogP contribution in [-0.2, 0) is 11.3 Å². The van der Waals surface area contributed by atoms with Crippen molar-refractivity contribution in [2.45, 2.75) is 39.3 Å². The molecule has 6 rings (SSSR count). The average molecular weight is 609 g/mol. The SMILES string of the molecule is Cc1c(C(C)C)c(-c2cccc3nn(CC(O)c4ccccc4)cc23)nn1-c1ccc(C(N)=O)cc1OCCN1CCOCC1. The van der Waals surface area contributed by atoms with Gasteiger partial charge < -0.3 is 20.3 Å². The van der Waals surface area contributed by atoms with E-state index in [0.717, 1.165) is 77.5 Å². The molecule has 0 radical (unpaired) electrons. The maximum Gasteiger partial charge on any atom is 0.248 e. The van der Waals surface area contributed by atoms with Crippen LogP contribution >= 0.6 is 0 Å². The molecule has 3 aromatic carbocycles. The number of hydrogen-bond donors (Lipinski definition) is 2. The third-order valence-electron chi connectivity index (χ3n) is 8.38. The molecule has 1 aliphatic rings. The van der Waals surface area contributed by atoms with Gasteiger partial charge in [-0.3, -0.25) is 14.4 Å². The number of hydrogen-bond acceptors (Lipinski definition) is 7. The Morgan fingerprint density at radius 3 is 2.56 bits per heavy atom. The van der Waals surface area contributed by atoms with Crippen LogP contribution in [0.2, 0.25) is 0 Å². The number of benzene rings is 3. The lowest BCUT2D eigenvalue weighted by Gasteiger charge is -2.26. The second kappa shape index (κ2) is 13.2. The van der Waals surface area contributed by atoms with Gasteiger partial charge in [0.1, 0.15) is 18.0 Å². The predicted octanol–water partition coefficient (Wildman–Crippen LogP) is 4.86. The summed E-state index contributed by atoms with van der Waals surface area (Å²) in [5, 5.41) is 21.8. The lowest BCUT2D eigenvalue weighted by Crippen LogP contribution is -2.38. The number of carbonyl (C=O) groups is 1. The lowest BCUT2D eigenvalue weighted by atomic mass is 9.95. The molecule has 1 fully saturated rings. The van der Waals surface area contributed by atoms with Gasteiger partial charge in [0.05, 0.1) is 37.1 Å². The molecule has 45 heavy (non-hydrogen) atoms. The molecule has 2 aromatic heterocycles. The van der Waals surface area contributed by atoms with E-state index in [1.807, 2.05) is 59.4 Å². The smallest absolute Gasteiger partial charge is 0.248 e. The van der Waals surface area contributed by atoms with Crippen molar-refractivity contribution >= 4 is 16.8 Å². The summed E-state index contributed by atoms with van der Waals surface area (Å²) in [6.07, 6.45) is 1.30. The maximum absolute atomic E-state index is 12.1. The lowest BCUT2D eigenvalue weighted by molar-refractivity contribution is 0.0322. The van der Waals surface area contributed by atoms with Crippen molar-refractivity contribution in [1.29, 1.82) is 0 Å². The van der Waals surface area contributed by atoms with E-state index >= 15 is 0 Å². The monoisotopic (exact) mass is 608 g/mol. The first kappa shape index (κ1) is 30.5. The summed E-state index contributed by atoms with van der Waals surface area (Å²) in [4.78, 5) is 14.4. The summed E-state index contributed by atoms with van der Waals surface area (Å²) in [6.45, 7) is 11.1. The first-order valence-electron chi connectivity index (χ1n) is 15.5. The van der Waals surface area contributed by atoms with Crippen molar-refractivity contribution in [1.82, 2.24) is 24.5 Å². The van der Waals surface area contributed by atoms with E-state index in [-0.39, 0.29) is 5.92 Å². The highest BCUT2D eigenvalue weighted by Crippen LogP contribution is 2.38. The molecule has 234 valence electrons. The molecule has 3 N–H and O–H groups in total. The molecule has 0 aliphatic carbocycles.